The summed E-state index contributed by atoms with van der Waals surface area (Å²) in [4.78, 5) is 50.1. The Morgan fingerprint density at radius 2 is 1.74 bits per heavy atom. The average Bonchev–Trinajstić information content (AvgIpc) is 2.79. The van der Waals surface area contributed by atoms with Crippen molar-refractivity contribution >= 4 is 23.2 Å². The number of amides is 1. The highest BCUT2D eigenvalue weighted by Crippen LogP contribution is 2.54. The van der Waals surface area contributed by atoms with Gasteiger partial charge in [0.15, 0.2) is 5.78 Å². The summed E-state index contributed by atoms with van der Waals surface area (Å²) >= 11 is 0. The Kier molecular flexibility index (Phi) is 4.91. The molecule has 3 aliphatic rings. The first-order valence-corrected chi connectivity index (χ1v) is 11.1. The van der Waals surface area contributed by atoms with E-state index in [1.165, 1.54) is 6.07 Å². The number of aryl methyl sites for hydroxylation is 1. The van der Waals surface area contributed by atoms with Crippen molar-refractivity contribution in [3.05, 3.63) is 74.9 Å². The number of nitrogens with two attached hydrogens (primary N) is 1. The molecule has 0 saturated heterocycles. The van der Waals surface area contributed by atoms with Crippen LogP contribution in [-0.4, -0.2) is 38.3 Å². The van der Waals surface area contributed by atoms with Crippen LogP contribution in [0.1, 0.15) is 29.5 Å². The number of ketones is 2. The molecule has 1 saturated carbocycles. The Bertz CT molecular complexity index is 1400. The number of aliphatic hydroxyl groups excluding tert-OH is 2. The van der Waals surface area contributed by atoms with E-state index < -0.39 is 51.9 Å². The number of primary amides is 1. The largest absolute Gasteiger partial charge is 0.508 e. The number of carbonyl (C=O) groups is 3. The van der Waals surface area contributed by atoms with Crippen LogP contribution in [0.5, 0.6) is 5.75 Å². The van der Waals surface area contributed by atoms with Gasteiger partial charge in [-0.25, -0.2) is 0 Å². The number of nitroso groups, excluding NO2 is 1. The number of hydrogen-bond acceptors (Lipinski definition) is 8. The lowest BCUT2D eigenvalue weighted by molar-refractivity contribution is -0.129. The van der Waals surface area contributed by atoms with Gasteiger partial charge in [-0.05, 0) is 53.6 Å². The zero-order valence-corrected chi connectivity index (χ0v) is 18.7. The van der Waals surface area contributed by atoms with Crippen LogP contribution in [0, 0.1) is 23.7 Å². The number of aliphatic hydroxyl groups is 2. The van der Waals surface area contributed by atoms with Crippen molar-refractivity contribution in [2.75, 3.05) is 0 Å². The summed E-state index contributed by atoms with van der Waals surface area (Å²) in [6.07, 6.45) is -0.0614. The Morgan fingerprint density at radius 3 is 2.37 bits per heavy atom. The van der Waals surface area contributed by atoms with Gasteiger partial charge in [-0.1, -0.05) is 35.9 Å². The molecule has 178 valence electrons. The van der Waals surface area contributed by atoms with Crippen LogP contribution in [0.25, 0.3) is 16.9 Å². The number of nitrogens with zero attached hydrogens (tertiary/aromatic N) is 1. The summed E-state index contributed by atoms with van der Waals surface area (Å²) in [7, 11) is 0. The van der Waals surface area contributed by atoms with E-state index in [9.17, 15) is 34.6 Å². The SMILES string of the molecule is Cc1ccc(-c2ccc(O)c3c2C[C@H]2C[C@H]4CC(=O)C(C(N)=O)=C(O)[C@@]4(N=O)C(=O)C2=C3O)cc1. The fourth-order valence-corrected chi connectivity index (χ4v) is 5.78. The fraction of sp³-hybridized carbons (Fsp3) is 0.269. The summed E-state index contributed by atoms with van der Waals surface area (Å²) in [5.41, 5.74) is 5.15. The molecule has 5 N–H and O–H groups in total. The first-order valence-electron chi connectivity index (χ1n) is 11.1. The number of aromatic hydroxyl groups is 1. The number of Topliss-reactive ketones (excluding diaryl/α,β-unsaturated/α-hetero) is 2. The van der Waals surface area contributed by atoms with Gasteiger partial charge in [0.05, 0.1) is 5.56 Å². The summed E-state index contributed by atoms with van der Waals surface area (Å²) in [6.45, 7) is 1.96. The molecular formula is C26H22N2O7. The molecule has 1 fully saturated rings. The highest BCUT2D eigenvalue weighted by Gasteiger charge is 2.63. The fourth-order valence-electron chi connectivity index (χ4n) is 5.78. The third-order valence-corrected chi connectivity index (χ3v) is 7.45. The molecule has 9 heteroatoms. The molecule has 0 aliphatic heterocycles. The third kappa shape index (κ3) is 2.97. The van der Waals surface area contributed by atoms with Gasteiger partial charge in [0.25, 0.3) is 5.91 Å². The molecule has 2 aromatic rings. The molecule has 0 aromatic heterocycles. The quantitative estimate of drug-likeness (QED) is 0.391. The molecule has 0 bridgehead atoms. The van der Waals surface area contributed by atoms with E-state index in [1.807, 2.05) is 31.2 Å². The topological polar surface area (TPSA) is 167 Å². The Balaban J connectivity index is 1.73. The van der Waals surface area contributed by atoms with Gasteiger partial charge in [-0.2, -0.15) is 0 Å². The summed E-state index contributed by atoms with van der Waals surface area (Å²) in [6, 6.07) is 10.9. The number of rotatable bonds is 3. The smallest absolute Gasteiger partial charge is 0.255 e. The lowest BCUT2D eigenvalue weighted by atomic mass is 9.57. The molecule has 1 amide bonds. The second kappa shape index (κ2) is 7.63. The Hall–Kier alpha value is -4.27. The van der Waals surface area contributed by atoms with Gasteiger partial charge >= 0.3 is 0 Å². The summed E-state index contributed by atoms with van der Waals surface area (Å²) in [5.74, 6) is -6.48. The number of carbonyl (C=O) groups excluding carboxylic acids is 3. The Labute approximate surface area is 199 Å². The predicted octanol–water partition coefficient (Wildman–Crippen LogP) is 3.17. The molecule has 0 spiro atoms. The van der Waals surface area contributed by atoms with Gasteiger partial charge in [-0.3, -0.25) is 14.4 Å². The van der Waals surface area contributed by atoms with Crippen molar-refractivity contribution in [1.29, 1.82) is 0 Å². The van der Waals surface area contributed by atoms with Crippen LogP contribution >= 0.6 is 0 Å². The van der Waals surface area contributed by atoms with Crippen LogP contribution in [0.4, 0.5) is 0 Å². The maximum atomic E-state index is 13.7. The second-order valence-electron chi connectivity index (χ2n) is 9.35. The number of fused-ring (bicyclic) bond motifs is 3. The van der Waals surface area contributed by atoms with Crippen molar-refractivity contribution in [1.82, 2.24) is 0 Å². The van der Waals surface area contributed by atoms with E-state index in [0.717, 1.165) is 16.7 Å². The zero-order chi connectivity index (χ0) is 25.2. The first-order chi connectivity index (χ1) is 16.6. The second-order valence-corrected chi connectivity index (χ2v) is 9.35. The van der Waals surface area contributed by atoms with Crippen LogP contribution in [0.15, 0.2) is 58.5 Å². The van der Waals surface area contributed by atoms with Gasteiger partial charge in [-0.15, -0.1) is 4.91 Å². The molecular weight excluding hydrogens is 452 g/mol. The van der Waals surface area contributed by atoms with Crippen molar-refractivity contribution in [2.24, 2.45) is 22.7 Å². The summed E-state index contributed by atoms with van der Waals surface area (Å²) in [5, 5.41) is 35.5. The Morgan fingerprint density at radius 1 is 1.06 bits per heavy atom. The molecule has 0 radical (unpaired) electrons. The average molecular weight is 474 g/mol. The van der Waals surface area contributed by atoms with Crippen molar-refractivity contribution in [2.45, 2.75) is 31.7 Å². The zero-order valence-electron chi connectivity index (χ0n) is 18.7. The molecule has 0 heterocycles. The monoisotopic (exact) mass is 474 g/mol. The van der Waals surface area contributed by atoms with Crippen LogP contribution in [0.2, 0.25) is 0 Å². The first kappa shape index (κ1) is 22.5. The van der Waals surface area contributed by atoms with Crippen molar-refractivity contribution < 1.29 is 29.7 Å². The van der Waals surface area contributed by atoms with E-state index in [1.54, 1.807) is 6.07 Å². The van der Waals surface area contributed by atoms with Gasteiger partial charge in [0, 0.05) is 17.9 Å². The number of phenolic OH excluding ortho intramolecular Hbond substituents is 1. The van der Waals surface area contributed by atoms with E-state index in [2.05, 4.69) is 5.18 Å². The van der Waals surface area contributed by atoms with E-state index in [-0.39, 0.29) is 36.1 Å². The number of hydrogen-bond donors (Lipinski definition) is 4. The molecule has 3 atom stereocenters. The maximum Gasteiger partial charge on any atom is 0.255 e. The minimum atomic E-state index is -2.44. The van der Waals surface area contributed by atoms with Crippen molar-refractivity contribution in [3.63, 3.8) is 0 Å². The van der Waals surface area contributed by atoms with E-state index in [0.29, 0.717) is 5.56 Å². The van der Waals surface area contributed by atoms with E-state index in [4.69, 9.17) is 5.73 Å². The molecule has 35 heavy (non-hydrogen) atoms. The standard InChI is InChI=1S/C26H22N2O7/c1-11-2-4-12(5-3-11)15-6-7-17(29)20-16(15)9-13-8-14-10-18(30)21(25(27)34)24(33)26(14,28-35)23(32)19(13)22(20)31/h2-7,13-14,29,31,33H,8-10H2,1H3,(H2,27,34)/t13-,14+,26+/m1/s1. The highest BCUT2D eigenvalue weighted by molar-refractivity contribution is 6.23. The highest BCUT2D eigenvalue weighted by atomic mass is 16.3. The van der Waals surface area contributed by atoms with Gasteiger partial charge < -0.3 is 21.1 Å². The number of benzene rings is 2. The van der Waals surface area contributed by atoms with Gasteiger partial charge in [0.1, 0.15) is 22.8 Å². The summed E-state index contributed by atoms with van der Waals surface area (Å²) < 4.78 is 0. The minimum Gasteiger partial charge on any atom is -0.508 e. The van der Waals surface area contributed by atoms with Crippen LogP contribution in [-0.2, 0) is 20.8 Å². The molecule has 2 aromatic carbocycles. The van der Waals surface area contributed by atoms with E-state index >= 15 is 0 Å². The minimum absolute atomic E-state index is 0.0626. The molecule has 5 rings (SSSR count). The molecule has 0 unspecified atom stereocenters. The van der Waals surface area contributed by atoms with Gasteiger partial charge in [0.2, 0.25) is 11.3 Å². The lowest BCUT2D eigenvalue weighted by Gasteiger charge is -2.45. The number of phenols is 1. The normalized spacial score (nSPS) is 25.6. The molecule has 9 nitrogen and oxygen atoms in total. The van der Waals surface area contributed by atoms with Crippen LogP contribution in [0.3, 0.4) is 0 Å². The van der Waals surface area contributed by atoms with Crippen molar-refractivity contribution in [3.8, 4) is 16.9 Å². The maximum absolute atomic E-state index is 13.7. The molecule has 3 aliphatic carbocycles. The lowest BCUT2D eigenvalue weighted by Crippen LogP contribution is -2.57. The third-order valence-electron chi connectivity index (χ3n) is 7.45. The predicted molar refractivity (Wildman–Crippen MR) is 125 cm³/mol. The van der Waals surface area contributed by atoms with Crippen LogP contribution < -0.4 is 5.73 Å².